The molecule has 7 nitrogen and oxygen atoms in total. The second-order valence-electron chi connectivity index (χ2n) is 9.24. The summed E-state index contributed by atoms with van der Waals surface area (Å²) in [6.07, 6.45) is 1.09. The van der Waals surface area contributed by atoms with Gasteiger partial charge in [-0.2, -0.15) is 0 Å². The van der Waals surface area contributed by atoms with E-state index >= 15 is 0 Å². The Bertz CT molecular complexity index is 1300. The van der Waals surface area contributed by atoms with Crippen molar-refractivity contribution in [3.8, 4) is 0 Å². The standard InChI is InChI=1S/C28H28FN3O4/c29-24-16-22(9-10-25(24)31-13-3-4-14-31)32-18-23(36-28(32)35)17-30-27(34)12-11-26(33)21-8-7-19-5-1-2-6-20(19)15-21/h1-2,5-10,15-16,23H,3-4,11-14,17-18H2,(H,30,34)/t23-/m0/s1. The van der Waals surface area contributed by atoms with Crippen molar-refractivity contribution < 1.29 is 23.5 Å². The Morgan fingerprint density at radius 2 is 1.75 bits per heavy atom. The molecule has 5 rings (SSSR count). The van der Waals surface area contributed by atoms with Gasteiger partial charge in [0.1, 0.15) is 11.9 Å². The van der Waals surface area contributed by atoms with Gasteiger partial charge in [-0.1, -0.05) is 36.4 Å². The van der Waals surface area contributed by atoms with Crippen molar-refractivity contribution in [2.45, 2.75) is 31.8 Å². The number of rotatable bonds is 8. The highest BCUT2D eigenvalue weighted by atomic mass is 19.1. The van der Waals surface area contributed by atoms with E-state index in [1.807, 2.05) is 41.3 Å². The molecule has 2 aliphatic rings. The van der Waals surface area contributed by atoms with Gasteiger partial charge >= 0.3 is 6.09 Å². The van der Waals surface area contributed by atoms with Crippen LogP contribution in [-0.2, 0) is 9.53 Å². The Morgan fingerprint density at radius 3 is 2.53 bits per heavy atom. The predicted octanol–water partition coefficient (Wildman–Crippen LogP) is 4.68. The van der Waals surface area contributed by atoms with Crippen molar-refractivity contribution >= 4 is 39.9 Å². The number of carbonyl (C=O) groups is 3. The molecule has 0 aromatic heterocycles. The monoisotopic (exact) mass is 489 g/mol. The van der Waals surface area contributed by atoms with Gasteiger partial charge in [-0.15, -0.1) is 0 Å². The zero-order valence-electron chi connectivity index (χ0n) is 19.9. The minimum Gasteiger partial charge on any atom is -0.442 e. The number of Topliss-reactive ketones (excluding diaryl/α,β-unsaturated/α-hetero) is 1. The fraction of sp³-hybridized carbons (Fsp3) is 0.321. The van der Waals surface area contributed by atoms with Crippen molar-refractivity contribution in [1.29, 1.82) is 0 Å². The third kappa shape index (κ3) is 5.17. The van der Waals surface area contributed by atoms with Crippen LogP contribution in [0.1, 0.15) is 36.0 Å². The number of anilines is 2. The first-order valence-electron chi connectivity index (χ1n) is 12.3. The molecule has 0 unspecified atom stereocenters. The Labute approximate surface area is 208 Å². The first kappa shape index (κ1) is 23.8. The Balaban J connectivity index is 1.10. The number of ether oxygens (including phenoxy) is 1. The Kier molecular flexibility index (Phi) is 6.84. The van der Waals surface area contributed by atoms with E-state index in [-0.39, 0.29) is 43.4 Å². The van der Waals surface area contributed by atoms with Crippen LogP contribution in [0.15, 0.2) is 60.7 Å². The van der Waals surface area contributed by atoms with Crippen LogP contribution in [0.2, 0.25) is 0 Å². The van der Waals surface area contributed by atoms with Crippen LogP contribution in [0, 0.1) is 5.82 Å². The minimum atomic E-state index is -0.575. The van der Waals surface area contributed by atoms with E-state index in [4.69, 9.17) is 4.74 Å². The number of benzene rings is 3. The Hall–Kier alpha value is -3.94. The number of carbonyl (C=O) groups excluding carboxylic acids is 3. The lowest BCUT2D eigenvalue weighted by Gasteiger charge is -2.20. The summed E-state index contributed by atoms with van der Waals surface area (Å²) >= 11 is 0. The number of nitrogens with zero attached hydrogens (tertiary/aromatic N) is 2. The Morgan fingerprint density at radius 1 is 0.972 bits per heavy atom. The van der Waals surface area contributed by atoms with Gasteiger partial charge in [0.05, 0.1) is 24.5 Å². The molecule has 2 amide bonds. The SMILES string of the molecule is O=C(CCC(=O)c1ccc2ccccc2c1)NC[C@H]1CN(c2ccc(N3CCCC3)c(F)c2)C(=O)O1. The minimum absolute atomic E-state index is 0.0409. The molecule has 3 aromatic carbocycles. The largest absolute Gasteiger partial charge is 0.442 e. The summed E-state index contributed by atoms with van der Waals surface area (Å²) < 4.78 is 20.0. The van der Waals surface area contributed by atoms with Gasteiger partial charge in [-0.05, 0) is 47.9 Å². The normalized spacial score (nSPS) is 17.5. The van der Waals surface area contributed by atoms with Crippen LogP contribution in [0.3, 0.4) is 0 Å². The summed E-state index contributed by atoms with van der Waals surface area (Å²) in [6, 6.07) is 18.1. The van der Waals surface area contributed by atoms with Gasteiger partial charge < -0.3 is 15.0 Å². The second-order valence-corrected chi connectivity index (χ2v) is 9.24. The molecule has 36 heavy (non-hydrogen) atoms. The molecule has 0 spiro atoms. The molecule has 8 heteroatoms. The van der Waals surface area contributed by atoms with Crippen molar-refractivity contribution in [3.05, 3.63) is 72.0 Å². The van der Waals surface area contributed by atoms with Gasteiger partial charge in [0.25, 0.3) is 0 Å². The zero-order valence-corrected chi connectivity index (χ0v) is 19.9. The van der Waals surface area contributed by atoms with E-state index in [2.05, 4.69) is 5.32 Å². The number of hydrogen-bond donors (Lipinski definition) is 1. The van der Waals surface area contributed by atoms with Crippen LogP contribution < -0.4 is 15.1 Å². The van der Waals surface area contributed by atoms with Gasteiger partial charge in [0, 0.05) is 31.5 Å². The molecular formula is C28H28FN3O4. The summed E-state index contributed by atoms with van der Waals surface area (Å²) in [4.78, 5) is 40.6. The van der Waals surface area contributed by atoms with E-state index in [0.29, 0.717) is 16.9 Å². The first-order chi connectivity index (χ1) is 17.5. The molecule has 1 N–H and O–H groups in total. The quantitative estimate of drug-likeness (QED) is 0.465. The average molecular weight is 490 g/mol. The molecule has 2 heterocycles. The molecule has 2 saturated heterocycles. The van der Waals surface area contributed by atoms with Crippen molar-refractivity contribution in [2.75, 3.05) is 36.0 Å². The highest BCUT2D eigenvalue weighted by Gasteiger charge is 2.33. The van der Waals surface area contributed by atoms with E-state index in [9.17, 15) is 18.8 Å². The summed E-state index contributed by atoms with van der Waals surface area (Å²) in [5, 5.41) is 4.77. The van der Waals surface area contributed by atoms with Gasteiger partial charge in [-0.25, -0.2) is 9.18 Å². The summed E-state index contributed by atoms with van der Waals surface area (Å²) in [6.45, 7) is 1.99. The lowest BCUT2D eigenvalue weighted by atomic mass is 10.0. The molecule has 3 aromatic rings. The fourth-order valence-corrected chi connectivity index (χ4v) is 4.77. The topological polar surface area (TPSA) is 79.0 Å². The lowest BCUT2D eigenvalue weighted by Crippen LogP contribution is -2.34. The lowest BCUT2D eigenvalue weighted by molar-refractivity contribution is -0.121. The first-order valence-corrected chi connectivity index (χ1v) is 12.3. The van der Waals surface area contributed by atoms with Gasteiger partial charge in [0.2, 0.25) is 5.91 Å². The molecule has 186 valence electrons. The molecule has 0 bridgehead atoms. The van der Waals surface area contributed by atoms with Gasteiger partial charge in [-0.3, -0.25) is 14.5 Å². The van der Waals surface area contributed by atoms with E-state index in [0.717, 1.165) is 36.7 Å². The summed E-state index contributed by atoms with van der Waals surface area (Å²) in [7, 11) is 0. The van der Waals surface area contributed by atoms with E-state index in [1.165, 1.54) is 11.0 Å². The molecule has 0 aliphatic carbocycles. The van der Waals surface area contributed by atoms with Crippen LogP contribution in [0.4, 0.5) is 20.6 Å². The molecular weight excluding hydrogens is 461 g/mol. The fourth-order valence-electron chi connectivity index (χ4n) is 4.77. The molecule has 0 radical (unpaired) electrons. The number of halogens is 1. The third-order valence-electron chi connectivity index (χ3n) is 6.74. The summed E-state index contributed by atoms with van der Waals surface area (Å²) in [5.41, 5.74) is 1.55. The average Bonchev–Trinajstić information content (AvgIpc) is 3.55. The number of amides is 2. The number of fused-ring (bicyclic) bond motifs is 1. The number of nitrogens with one attached hydrogen (secondary N) is 1. The van der Waals surface area contributed by atoms with Crippen molar-refractivity contribution in [1.82, 2.24) is 5.32 Å². The van der Waals surface area contributed by atoms with Gasteiger partial charge in [0.15, 0.2) is 5.78 Å². The second kappa shape index (κ2) is 10.4. The highest BCUT2D eigenvalue weighted by molar-refractivity contribution is 6.01. The van der Waals surface area contributed by atoms with Crippen LogP contribution in [-0.4, -0.2) is 50.1 Å². The van der Waals surface area contributed by atoms with Crippen molar-refractivity contribution in [3.63, 3.8) is 0 Å². The maximum absolute atomic E-state index is 14.7. The predicted molar refractivity (Wildman–Crippen MR) is 136 cm³/mol. The molecule has 1 atom stereocenters. The van der Waals surface area contributed by atoms with Crippen LogP contribution >= 0.6 is 0 Å². The van der Waals surface area contributed by atoms with E-state index < -0.39 is 12.2 Å². The van der Waals surface area contributed by atoms with Crippen LogP contribution in [0.5, 0.6) is 0 Å². The number of ketones is 1. The van der Waals surface area contributed by atoms with Crippen LogP contribution in [0.25, 0.3) is 10.8 Å². The van der Waals surface area contributed by atoms with Crippen molar-refractivity contribution in [2.24, 2.45) is 0 Å². The van der Waals surface area contributed by atoms with E-state index in [1.54, 1.807) is 18.2 Å². The zero-order chi connectivity index (χ0) is 25.1. The maximum atomic E-state index is 14.7. The summed E-state index contributed by atoms with van der Waals surface area (Å²) in [5.74, 6) is -0.761. The highest BCUT2D eigenvalue weighted by Crippen LogP contribution is 2.29. The number of cyclic esters (lactones) is 1. The molecule has 2 aliphatic heterocycles. The third-order valence-corrected chi connectivity index (χ3v) is 6.74. The molecule has 0 saturated carbocycles. The molecule has 2 fully saturated rings. The maximum Gasteiger partial charge on any atom is 0.414 e. The smallest absolute Gasteiger partial charge is 0.414 e. The number of hydrogen-bond acceptors (Lipinski definition) is 5.